The Kier molecular flexibility index (Phi) is 7.01. The average molecular weight is 351 g/mol. The van der Waals surface area contributed by atoms with Gasteiger partial charge in [0, 0.05) is 13.1 Å². The molecule has 6 heteroatoms. The van der Waals surface area contributed by atoms with E-state index in [0.29, 0.717) is 12.3 Å². The first-order valence-electron chi connectivity index (χ1n) is 7.95. The molecule has 0 aromatic heterocycles. The largest absolute Gasteiger partial charge is 0.497 e. The number of nitrogens with zero attached hydrogens (tertiary/aromatic N) is 1. The van der Waals surface area contributed by atoms with E-state index in [1.54, 1.807) is 19.2 Å². The summed E-state index contributed by atoms with van der Waals surface area (Å²) in [6.45, 7) is -1.32. The number of ether oxygens (including phenoxy) is 3. The lowest BCUT2D eigenvalue weighted by atomic mass is 10.1. The Labute approximate surface area is 146 Å². The monoisotopic (exact) mass is 351 g/mol. The average Bonchev–Trinajstić information content (AvgIpc) is 2.61. The molecule has 0 bridgehead atoms. The molecule has 0 saturated carbocycles. The van der Waals surface area contributed by atoms with Crippen molar-refractivity contribution in [3.8, 4) is 17.2 Å². The maximum Gasteiger partial charge on any atom is 0.387 e. The third-order valence-electron chi connectivity index (χ3n) is 3.84. The van der Waals surface area contributed by atoms with E-state index in [1.807, 2.05) is 31.3 Å². The van der Waals surface area contributed by atoms with Gasteiger partial charge in [0.05, 0.1) is 14.2 Å². The van der Waals surface area contributed by atoms with E-state index in [4.69, 9.17) is 9.47 Å². The van der Waals surface area contributed by atoms with E-state index in [-0.39, 0.29) is 5.75 Å². The summed E-state index contributed by atoms with van der Waals surface area (Å²) in [6.07, 6.45) is 0.907. The number of likely N-dealkylation sites (N-methyl/N-ethyl adjacent to an activating group) is 1. The number of benzene rings is 2. The lowest BCUT2D eigenvalue weighted by molar-refractivity contribution is -0.0512. The van der Waals surface area contributed by atoms with Crippen LogP contribution in [0.5, 0.6) is 17.2 Å². The highest BCUT2D eigenvalue weighted by Gasteiger charge is 2.11. The van der Waals surface area contributed by atoms with Crippen LogP contribution in [0.3, 0.4) is 0 Å². The third kappa shape index (κ3) is 5.90. The molecule has 2 rings (SSSR count). The van der Waals surface area contributed by atoms with Gasteiger partial charge in [-0.15, -0.1) is 0 Å². The Morgan fingerprint density at radius 1 is 0.920 bits per heavy atom. The first kappa shape index (κ1) is 19.0. The molecule has 0 fully saturated rings. The topological polar surface area (TPSA) is 30.9 Å². The predicted molar refractivity (Wildman–Crippen MR) is 92.7 cm³/mol. The highest BCUT2D eigenvalue weighted by atomic mass is 19.3. The van der Waals surface area contributed by atoms with Gasteiger partial charge in [0.1, 0.15) is 5.75 Å². The van der Waals surface area contributed by atoms with Gasteiger partial charge in [0.25, 0.3) is 0 Å². The van der Waals surface area contributed by atoms with Gasteiger partial charge < -0.3 is 19.1 Å². The molecule has 4 nitrogen and oxygen atoms in total. The molecule has 0 atom stereocenters. The maximum atomic E-state index is 12.4. The minimum Gasteiger partial charge on any atom is -0.497 e. The van der Waals surface area contributed by atoms with Crippen molar-refractivity contribution in [3.05, 3.63) is 53.6 Å². The molecule has 0 amide bonds. The summed E-state index contributed by atoms with van der Waals surface area (Å²) < 4.78 is 39.4. The van der Waals surface area contributed by atoms with Crippen LogP contribution in [-0.2, 0) is 13.0 Å². The summed E-state index contributed by atoms with van der Waals surface area (Å²) in [5.41, 5.74) is 2.20. The normalized spacial score (nSPS) is 11.0. The molecule has 0 unspecified atom stereocenters. The fourth-order valence-corrected chi connectivity index (χ4v) is 2.51. The lowest BCUT2D eigenvalue weighted by Crippen LogP contribution is -2.20. The Morgan fingerprint density at radius 2 is 1.60 bits per heavy atom. The van der Waals surface area contributed by atoms with Crippen LogP contribution >= 0.6 is 0 Å². The van der Waals surface area contributed by atoms with E-state index in [0.717, 1.165) is 24.3 Å². The zero-order chi connectivity index (χ0) is 18.2. The van der Waals surface area contributed by atoms with Crippen LogP contribution in [0.2, 0.25) is 0 Å². The molecule has 25 heavy (non-hydrogen) atoms. The van der Waals surface area contributed by atoms with Gasteiger partial charge in [-0.1, -0.05) is 18.2 Å². The predicted octanol–water partition coefficient (Wildman–Crippen LogP) is 3.98. The lowest BCUT2D eigenvalue weighted by Gasteiger charge is -2.18. The summed E-state index contributed by atoms with van der Waals surface area (Å²) >= 11 is 0. The summed E-state index contributed by atoms with van der Waals surface area (Å²) in [5, 5.41) is 0. The van der Waals surface area contributed by atoms with Crippen molar-refractivity contribution in [2.45, 2.75) is 19.6 Å². The van der Waals surface area contributed by atoms with Gasteiger partial charge in [-0.05, 0) is 48.9 Å². The Bertz CT molecular complexity index is 662. The van der Waals surface area contributed by atoms with Gasteiger partial charge in [-0.25, -0.2) is 0 Å². The van der Waals surface area contributed by atoms with Crippen LogP contribution < -0.4 is 14.2 Å². The molecule has 0 heterocycles. The number of hydrogen-bond donors (Lipinski definition) is 0. The fourth-order valence-electron chi connectivity index (χ4n) is 2.51. The number of halogens is 2. The second kappa shape index (κ2) is 9.22. The first-order valence-corrected chi connectivity index (χ1v) is 7.95. The highest BCUT2D eigenvalue weighted by Crippen LogP contribution is 2.29. The van der Waals surface area contributed by atoms with Gasteiger partial charge in [-0.2, -0.15) is 8.78 Å². The van der Waals surface area contributed by atoms with Crippen LogP contribution in [0.25, 0.3) is 0 Å². The summed E-state index contributed by atoms with van der Waals surface area (Å²) in [5.74, 6) is 1.19. The van der Waals surface area contributed by atoms with Gasteiger partial charge >= 0.3 is 6.61 Å². The molecule has 2 aromatic rings. The minimum atomic E-state index is -2.87. The second-order valence-electron chi connectivity index (χ2n) is 5.70. The standard InChI is InChI=1S/C19H23F2NO3/c1-22(11-10-14-4-7-16(23-2)8-5-14)13-15-6-9-17(25-19(20)21)18(12-15)24-3/h4-9,12,19H,10-11,13H2,1-3H3. The van der Waals surface area contributed by atoms with Crippen LogP contribution in [0.1, 0.15) is 11.1 Å². The summed E-state index contributed by atoms with van der Waals surface area (Å²) in [7, 11) is 5.10. The van der Waals surface area contributed by atoms with Crippen molar-refractivity contribution in [1.82, 2.24) is 4.90 Å². The Morgan fingerprint density at radius 3 is 2.20 bits per heavy atom. The van der Waals surface area contributed by atoms with Crippen molar-refractivity contribution < 1.29 is 23.0 Å². The SMILES string of the molecule is COc1ccc(CCN(C)Cc2ccc(OC(F)F)c(OC)c2)cc1. The third-order valence-corrected chi connectivity index (χ3v) is 3.84. The Balaban J connectivity index is 1.91. The van der Waals surface area contributed by atoms with E-state index in [2.05, 4.69) is 9.64 Å². The zero-order valence-corrected chi connectivity index (χ0v) is 14.7. The number of methoxy groups -OCH3 is 2. The molecule has 0 aliphatic heterocycles. The van der Waals surface area contributed by atoms with E-state index >= 15 is 0 Å². The highest BCUT2D eigenvalue weighted by molar-refractivity contribution is 5.43. The number of alkyl halides is 2. The van der Waals surface area contributed by atoms with Gasteiger partial charge in [-0.3, -0.25) is 0 Å². The molecule has 0 aliphatic carbocycles. The van der Waals surface area contributed by atoms with E-state index < -0.39 is 6.61 Å². The minimum absolute atomic E-state index is 0.0436. The van der Waals surface area contributed by atoms with Crippen molar-refractivity contribution in [2.24, 2.45) is 0 Å². The molecule has 136 valence electrons. The fraction of sp³-hybridized carbons (Fsp3) is 0.368. The van der Waals surface area contributed by atoms with Crippen LogP contribution in [0, 0.1) is 0 Å². The quantitative estimate of drug-likeness (QED) is 0.684. The van der Waals surface area contributed by atoms with Gasteiger partial charge in [0.15, 0.2) is 11.5 Å². The smallest absolute Gasteiger partial charge is 0.387 e. The van der Waals surface area contributed by atoms with Crippen molar-refractivity contribution in [3.63, 3.8) is 0 Å². The second-order valence-corrected chi connectivity index (χ2v) is 5.70. The Hall–Kier alpha value is -2.34. The first-order chi connectivity index (χ1) is 12.0. The number of hydrogen-bond acceptors (Lipinski definition) is 4. The summed E-state index contributed by atoms with van der Waals surface area (Å²) in [4.78, 5) is 2.16. The summed E-state index contributed by atoms with van der Waals surface area (Å²) in [6, 6.07) is 13.0. The van der Waals surface area contributed by atoms with Crippen LogP contribution in [0.4, 0.5) is 8.78 Å². The molecule has 2 aromatic carbocycles. The van der Waals surface area contributed by atoms with Crippen LogP contribution in [0.15, 0.2) is 42.5 Å². The van der Waals surface area contributed by atoms with Crippen molar-refractivity contribution in [1.29, 1.82) is 0 Å². The molecule has 0 spiro atoms. The zero-order valence-electron chi connectivity index (χ0n) is 14.7. The molecule has 0 radical (unpaired) electrons. The molecular weight excluding hydrogens is 328 g/mol. The van der Waals surface area contributed by atoms with E-state index in [1.165, 1.54) is 18.7 Å². The van der Waals surface area contributed by atoms with Crippen molar-refractivity contribution in [2.75, 3.05) is 27.8 Å². The van der Waals surface area contributed by atoms with E-state index in [9.17, 15) is 8.78 Å². The molecular formula is C19H23F2NO3. The molecule has 0 aliphatic rings. The van der Waals surface area contributed by atoms with Crippen LogP contribution in [-0.4, -0.2) is 39.3 Å². The maximum absolute atomic E-state index is 12.4. The molecule has 0 N–H and O–H groups in total. The van der Waals surface area contributed by atoms with Gasteiger partial charge in [0.2, 0.25) is 0 Å². The van der Waals surface area contributed by atoms with Crippen molar-refractivity contribution >= 4 is 0 Å². The number of rotatable bonds is 9. The molecule has 0 saturated heterocycles.